The second-order valence-electron chi connectivity index (χ2n) is 4.71. The minimum absolute atomic E-state index is 0.452. The van der Waals surface area contributed by atoms with Crippen molar-refractivity contribution in [3.05, 3.63) is 57.7 Å². The molecule has 0 bridgehead atoms. The molecule has 0 radical (unpaired) electrons. The number of nitrogens with one attached hydrogen (secondary N) is 1. The number of pyridine rings is 1. The van der Waals surface area contributed by atoms with Gasteiger partial charge in [0.15, 0.2) is 0 Å². The lowest BCUT2D eigenvalue weighted by Gasteiger charge is -2.09. The average molecular weight is 325 g/mol. The van der Waals surface area contributed by atoms with E-state index in [1.807, 2.05) is 30.3 Å². The van der Waals surface area contributed by atoms with Crippen molar-refractivity contribution in [2.24, 2.45) is 0 Å². The Kier molecular flexibility index (Phi) is 6.30. The molecular formula is C16H18Cl2N2O. The van der Waals surface area contributed by atoms with Crippen molar-refractivity contribution >= 4 is 23.2 Å². The Bertz CT molecular complexity index is 573. The molecule has 2 aromatic rings. The molecule has 0 fully saturated rings. The van der Waals surface area contributed by atoms with Crippen molar-refractivity contribution in [1.82, 2.24) is 10.3 Å². The van der Waals surface area contributed by atoms with Crippen LogP contribution in [0.3, 0.4) is 0 Å². The third-order valence-corrected chi connectivity index (χ3v) is 3.54. The second kappa shape index (κ2) is 8.23. The predicted octanol–water partition coefficient (Wildman–Crippen LogP) is 4.47. The lowest BCUT2D eigenvalue weighted by Crippen LogP contribution is -2.14. The van der Waals surface area contributed by atoms with Gasteiger partial charge in [0, 0.05) is 23.8 Å². The van der Waals surface area contributed by atoms with Crippen LogP contribution in [0.2, 0.25) is 10.0 Å². The minimum atomic E-state index is 0.452. The quantitative estimate of drug-likeness (QED) is 0.763. The van der Waals surface area contributed by atoms with E-state index in [0.717, 1.165) is 24.1 Å². The fourth-order valence-electron chi connectivity index (χ4n) is 1.81. The summed E-state index contributed by atoms with van der Waals surface area (Å²) in [5, 5.41) is 4.68. The number of rotatable bonds is 7. The van der Waals surface area contributed by atoms with E-state index < -0.39 is 0 Å². The van der Waals surface area contributed by atoms with Gasteiger partial charge in [-0.15, -0.1) is 0 Å². The number of nitrogens with zero attached hydrogens (tertiary/aromatic N) is 1. The first kappa shape index (κ1) is 16.1. The standard InChI is InChI=1S/C16H18Cl2N2O/c1-2-7-19-9-13-8-16(20-10-15(13)18)21-11-12-3-5-14(17)6-4-12/h3-6,8,10,19H,2,7,9,11H2,1H3. The smallest absolute Gasteiger partial charge is 0.213 e. The Morgan fingerprint density at radius 3 is 2.67 bits per heavy atom. The zero-order valence-corrected chi connectivity index (χ0v) is 13.4. The molecular weight excluding hydrogens is 307 g/mol. The maximum atomic E-state index is 6.14. The van der Waals surface area contributed by atoms with Gasteiger partial charge in [0.05, 0.1) is 5.02 Å². The summed E-state index contributed by atoms with van der Waals surface area (Å²) in [5.41, 5.74) is 2.04. The number of aromatic nitrogens is 1. The Hall–Kier alpha value is -1.29. The first-order valence-corrected chi connectivity index (χ1v) is 7.67. The molecule has 0 amide bonds. The van der Waals surface area contributed by atoms with Crippen molar-refractivity contribution in [3.8, 4) is 5.88 Å². The monoisotopic (exact) mass is 324 g/mol. The first-order valence-electron chi connectivity index (χ1n) is 6.91. The van der Waals surface area contributed by atoms with E-state index in [2.05, 4.69) is 17.2 Å². The van der Waals surface area contributed by atoms with Crippen LogP contribution in [-0.4, -0.2) is 11.5 Å². The Morgan fingerprint density at radius 2 is 1.95 bits per heavy atom. The Balaban J connectivity index is 1.96. The summed E-state index contributed by atoms with van der Waals surface area (Å²) < 4.78 is 5.69. The number of halogens is 2. The molecule has 1 heterocycles. The highest BCUT2D eigenvalue weighted by Crippen LogP contribution is 2.20. The molecule has 1 N–H and O–H groups in total. The number of hydrogen-bond donors (Lipinski definition) is 1. The molecule has 2 rings (SSSR count). The highest BCUT2D eigenvalue weighted by molar-refractivity contribution is 6.31. The summed E-state index contributed by atoms with van der Waals surface area (Å²) in [4.78, 5) is 4.19. The van der Waals surface area contributed by atoms with Crippen LogP contribution in [0.25, 0.3) is 0 Å². The largest absolute Gasteiger partial charge is 0.473 e. The number of benzene rings is 1. The second-order valence-corrected chi connectivity index (χ2v) is 5.55. The van der Waals surface area contributed by atoms with Crippen LogP contribution in [0.4, 0.5) is 0 Å². The van der Waals surface area contributed by atoms with Crippen LogP contribution in [-0.2, 0) is 13.2 Å². The lowest BCUT2D eigenvalue weighted by atomic mass is 10.2. The van der Waals surface area contributed by atoms with Crippen LogP contribution >= 0.6 is 23.2 Å². The van der Waals surface area contributed by atoms with E-state index >= 15 is 0 Å². The van der Waals surface area contributed by atoms with Crippen molar-refractivity contribution in [1.29, 1.82) is 0 Å². The molecule has 0 aliphatic carbocycles. The van der Waals surface area contributed by atoms with Gasteiger partial charge in [-0.3, -0.25) is 0 Å². The van der Waals surface area contributed by atoms with Crippen LogP contribution in [0.5, 0.6) is 5.88 Å². The molecule has 0 spiro atoms. The highest BCUT2D eigenvalue weighted by Gasteiger charge is 2.04. The van der Waals surface area contributed by atoms with Gasteiger partial charge < -0.3 is 10.1 Å². The molecule has 0 aliphatic heterocycles. The van der Waals surface area contributed by atoms with Gasteiger partial charge in [-0.25, -0.2) is 4.98 Å². The van der Waals surface area contributed by atoms with Crippen molar-refractivity contribution in [2.45, 2.75) is 26.5 Å². The summed E-state index contributed by atoms with van der Waals surface area (Å²) in [6.45, 7) is 4.25. The summed E-state index contributed by atoms with van der Waals surface area (Å²) in [6.07, 6.45) is 2.71. The molecule has 0 saturated heterocycles. The van der Waals surface area contributed by atoms with Crippen molar-refractivity contribution < 1.29 is 4.74 Å². The molecule has 1 aromatic heterocycles. The average Bonchev–Trinajstić information content (AvgIpc) is 2.49. The van der Waals surface area contributed by atoms with Gasteiger partial charge in [-0.1, -0.05) is 42.3 Å². The molecule has 0 saturated carbocycles. The normalized spacial score (nSPS) is 10.6. The van der Waals surface area contributed by atoms with Crippen LogP contribution in [0.1, 0.15) is 24.5 Å². The van der Waals surface area contributed by atoms with Gasteiger partial charge in [0.25, 0.3) is 0 Å². The zero-order chi connectivity index (χ0) is 15.1. The fourth-order valence-corrected chi connectivity index (χ4v) is 2.11. The molecule has 1 aromatic carbocycles. The van der Waals surface area contributed by atoms with E-state index in [1.165, 1.54) is 0 Å². The van der Waals surface area contributed by atoms with E-state index in [9.17, 15) is 0 Å². The predicted molar refractivity (Wildman–Crippen MR) is 87.0 cm³/mol. The topological polar surface area (TPSA) is 34.1 Å². The molecule has 0 atom stereocenters. The van der Waals surface area contributed by atoms with Gasteiger partial charge in [-0.05, 0) is 36.2 Å². The maximum absolute atomic E-state index is 6.14. The molecule has 21 heavy (non-hydrogen) atoms. The van der Waals surface area contributed by atoms with E-state index in [0.29, 0.717) is 29.1 Å². The van der Waals surface area contributed by atoms with Crippen LogP contribution in [0, 0.1) is 0 Å². The minimum Gasteiger partial charge on any atom is -0.473 e. The van der Waals surface area contributed by atoms with Gasteiger partial charge in [-0.2, -0.15) is 0 Å². The van der Waals surface area contributed by atoms with Gasteiger partial charge in [0.2, 0.25) is 5.88 Å². The van der Waals surface area contributed by atoms with Crippen molar-refractivity contribution in [2.75, 3.05) is 6.54 Å². The lowest BCUT2D eigenvalue weighted by molar-refractivity contribution is 0.293. The molecule has 112 valence electrons. The number of hydrogen-bond acceptors (Lipinski definition) is 3. The third-order valence-electron chi connectivity index (χ3n) is 2.95. The zero-order valence-electron chi connectivity index (χ0n) is 11.9. The van der Waals surface area contributed by atoms with Gasteiger partial charge in [0.1, 0.15) is 6.61 Å². The summed E-state index contributed by atoms with van der Waals surface area (Å²) >= 11 is 12.0. The van der Waals surface area contributed by atoms with E-state index in [1.54, 1.807) is 6.20 Å². The van der Waals surface area contributed by atoms with E-state index in [-0.39, 0.29) is 0 Å². The van der Waals surface area contributed by atoms with Crippen LogP contribution in [0.15, 0.2) is 36.5 Å². The maximum Gasteiger partial charge on any atom is 0.213 e. The fraction of sp³-hybridized carbons (Fsp3) is 0.312. The van der Waals surface area contributed by atoms with Gasteiger partial charge >= 0.3 is 0 Å². The van der Waals surface area contributed by atoms with E-state index in [4.69, 9.17) is 27.9 Å². The summed E-state index contributed by atoms with van der Waals surface area (Å²) in [7, 11) is 0. The SMILES string of the molecule is CCCNCc1cc(OCc2ccc(Cl)cc2)ncc1Cl. The van der Waals surface area contributed by atoms with Crippen molar-refractivity contribution in [3.63, 3.8) is 0 Å². The molecule has 0 aliphatic rings. The Labute approximate surface area is 135 Å². The Morgan fingerprint density at radius 1 is 1.19 bits per heavy atom. The summed E-state index contributed by atoms with van der Waals surface area (Å²) in [6, 6.07) is 9.43. The highest BCUT2D eigenvalue weighted by atomic mass is 35.5. The summed E-state index contributed by atoms with van der Waals surface area (Å²) in [5.74, 6) is 0.572. The third kappa shape index (κ3) is 5.20. The van der Waals surface area contributed by atoms with Crippen LogP contribution < -0.4 is 10.1 Å². The molecule has 3 nitrogen and oxygen atoms in total. The molecule has 5 heteroatoms. The first-order chi connectivity index (χ1) is 10.2. The molecule has 0 unspecified atom stereocenters. The number of ether oxygens (including phenoxy) is 1.